The van der Waals surface area contributed by atoms with E-state index in [1.807, 2.05) is 32.9 Å². The second-order valence-electron chi connectivity index (χ2n) is 14.2. The fourth-order valence-electron chi connectivity index (χ4n) is 7.08. The number of halogens is 4. The van der Waals surface area contributed by atoms with Gasteiger partial charge >= 0.3 is 6.18 Å². The van der Waals surface area contributed by atoms with E-state index in [1.54, 1.807) is 0 Å². The minimum atomic E-state index is -4.72. The number of alkyl halides is 4. The number of pyridine rings is 1. The van der Waals surface area contributed by atoms with Crippen LogP contribution in [0.25, 0.3) is 10.9 Å². The van der Waals surface area contributed by atoms with Gasteiger partial charge in [-0.3, -0.25) is 23.9 Å². The van der Waals surface area contributed by atoms with Crippen molar-refractivity contribution < 1.29 is 36.7 Å². The summed E-state index contributed by atoms with van der Waals surface area (Å²) in [6.07, 6.45) is -2.22. The fourth-order valence-corrected chi connectivity index (χ4v) is 7.08. The lowest BCUT2D eigenvalue weighted by molar-refractivity contribution is -0.141. The van der Waals surface area contributed by atoms with E-state index in [9.17, 15) is 32.3 Å². The number of hydrogen-bond donors (Lipinski definition) is 0. The van der Waals surface area contributed by atoms with Gasteiger partial charge in [0.2, 0.25) is 5.91 Å². The van der Waals surface area contributed by atoms with E-state index in [4.69, 9.17) is 0 Å². The number of rotatable bonds is 4. The summed E-state index contributed by atoms with van der Waals surface area (Å²) < 4.78 is 58.4. The van der Waals surface area contributed by atoms with Crippen molar-refractivity contribution in [2.75, 3.05) is 6.54 Å². The van der Waals surface area contributed by atoms with Gasteiger partial charge in [0.15, 0.2) is 11.6 Å². The molecule has 2 bridgehead atoms. The number of aryl methyl sites for hydroxylation is 3. The quantitative estimate of drug-likeness (QED) is 0.222. The Morgan fingerprint density at radius 3 is 2.44 bits per heavy atom. The van der Waals surface area contributed by atoms with Gasteiger partial charge in [0.25, 0.3) is 0 Å². The van der Waals surface area contributed by atoms with Gasteiger partial charge in [0.05, 0.1) is 30.2 Å². The molecule has 0 radical (unpaired) electrons. The predicted molar refractivity (Wildman–Crippen MR) is 171 cm³/mol. The summed E-state index contributed by atoms with van der Waals surface area (Å²) >= 11 is 0. The normalized spacial score (nSPS) is 22.6. The molecular formula is C36H42F4N4O4. The van der Waals surface area contributed by atoms with Crippen molar-refractivity contribution in [3.63, 3.8) is 0 Å². The molecule has 1 aromatic carbocycles. The van der Waals surface area contributed by atoms with E-state index in [2.05, 4.69) is 10.1 Å². The topological polar surface area (TPSA) is 102 Å². The van der Waals surface area contributed by atoms with Crippen molar-refractivity contribution in [3.8, 4) is 0 Å². The maximum Gasteiger partial charge on any atom is 0.433 e. The predicted octanol–water partition coefficient (Wildman–Crippen LogP) is 6.88. The van der Waals surface area contributed by atoms with E-state index >= 15 is 4.39 Å². The number of carbonyl (C=O) groups is 4. The van der Waals surface area contributed by atoms with Crippen LogP contribution in [-0.4, -0.2) is 61.2 Å². The highest BCUT2D eigenvalue weighted by molar-refractivity contribution is 6.06. The molecule has 3 aromatic rings. The fraction of sp³-hybridized carbons (Fsp3) is 0.556. The number of benzene rings is 1. The van der Waals surface area contributed by atoms with Crippen molar-refractivity contribution in [2.24, 2.45) is 5.41 Å². The molecule has 2 aromatic heterocycles. The number of carbonyl (C=O) groups excluding carboxylic acids is 4. The first-order chi connectivity index (χ1) is 22.4. The first-order valence-electron chi connectivity index (χ1n) is 16.5. The van der Waals surface area contributed by atoms with Crippen molar-refractivity contribution >= 4 is 34.2 Å². The molecule has 48 heavy (non-hydrogen) atoms. The van der Waals surface area contributed by atoms with E-state index in [0.717, 1.165) is 41.4 Å². The second-order valence-corrected chi connectivity index (χ2v) is 14.2. The molecule has 258 valence electrons. The molecule has 0 spiro atoms. The average Bonchev–Trinajstić information content (AvgIpc) is 3.54. The molecule has 5 rings (SSSR count). The number of aromatic nitrogens is 3. The highest BCUT2D eigenvalue weighted by Crippen LogP contribution is 2.38. The second kappa shape index (κ2) is 13.2. The summed E-state index contributed by atoms with van der Waals surface area (Å²) in [5, 5.41) is 5.13. The third-order valence-electron chi connectivity index (χ3n) is 9.90. The van der Waals surface area contributed by atoms with E-state index < -0.39 is 60.1 Å². The van der Waals surface area contributed by atoms with Crippen LogP contribution < -0.4 is 0 Å². The molecular weight excluding hydrogens is 628 g/mol. The first kappa shape index (κ1) is 35.3. The third kappa shape index (κ3) is 7.37. The van der Waals surface area contributed by atoms with Gasteiger partial charge in [-0.2, -0.15) is 18.3 Å². The van der Waals surface area contributed by atoms with Crippen molar-refractivity contribution in [3.05, 3.63) is 58.0 Å². The van der Waals surface area contributed by atoms with Crippen LogP contribution >= 0.6 is 0 Å². The molecule has 0 N–H and O–H groups in total. The Bertz CT molecular complexity index is 1780. The average molecular weight is 671 g/mol. The van der Waals surface area contributed by atoms with E-state index in [0.29, 0.717) is 29.3 Å². The lowest BCUT2D eigenvalue weighted by Gasteiger charge is -2.26. The van der Waals surface area contributed by atoms with Gasteiger partial charge < -0.3 is 4.90 Å². The minimum absolute atomic E-state index is 0.0762. The maximum absolute atomic E-state index is 16.7. The van der Waals surface area contributed by atoms with Gasteiger partial charge in [-0.15, -0.1) is 0 Å². The molecule has 12 heteroatoms. The SMILES string of the molecule is CC(=O)c1nn2c3c(cc(C)cc13)CCCCCC(C)(C)C(=O)CC[C@@]1(F)C[C@@H](C(=O)Cc3nc(C(F)(F)F)ccc3C)N(C1)C(=O)C2. The smallest absolute Gasteiger partial charge is 0.328 e. The van der Waals surface area contributed by atoms with Crippen molar-refractivity contribution in [1.29, 1.82) is 0 Å². The van der Waals surface area contributed by atoms with E-state index in [1.165, 1.54) is 24.6 Å². The summed E-state index contributed by atoms with van der Waals surface area (Å²) in [7, 11) is 0. The summed E-state index contributed by atoms with van der Waals surface area (Å²) in [6, 6.07) is 4.61. The maximum atomic E-state index is 16.7. The highest BCUT2D eigenvalue weighted by Gasteiger charge is 2.49. The molecule has 1 amide bonds. The van der Waals surface area contributed by atoms with Gasteiger partial charge in [0.1, 0.15) is 29.4 Å². The van der Waals surface area contributed by atoms with Crippen LogP contribution in [-0.2, 0) is 39.9 Å². The van der Waals surface area contributed by atoms with Crippen molar-refractivity contribution in [2.45, 2.75) is 117 Å². The Morgan fingerprint density at radius 1 is 1.02 bits per heavy atom. The van der Waals surface area contributed by atoms with Gasteiger partial charge in [-0.25, -0.2) is 9.37 Å². The van der Waals surface area contributed by atoms with Crippen LogP contribution in [0, 0.1) is 19.3 Å². The summed E-state index contributed by atoms with van der Waals surface area (Å²) in [6.45, 7) is 7.70. The van der Waals surface area contributed by atoms with Gasteiger partial charge in [-0.05, 0) is 62.8 Å². The van der Waals surface area contributed by atoms with Crippen LogP contribution in [0.5, 0.6) is 0 Å². The minimum Gasteiger partial charge on any atom is -0.328 e. The Hall–Kier alpha value is -3.96. The Labute approximate surface area is 277 Å². The zero-order valence-electron chi connectivity index (χ0n) is 28.1. The van der Waals surface area contributed by atoms with Crippen LogP contribution in [0.2, 0.25) is 0 Å². The number of fused-ring (bicyclic) bond motifs is 2. The molecule has 2 aliphatic rings. The van der Waals surface area contributed by atoms with Crippen molar-refractivity contribution in [1.82, 2.24) is 19.7 Å². The molecule has 4 heterocycles. The largest absolute Gasteiger partial charge is 0.433 e. The molecule has 0 saturated carbocycles. The number of amides is 1. The molecule has 0 aliphatic carbocycles. The zero-order chi connectivity index (χ0) is 35.2. The molecule has 1 fully saturated rings. The molecule has 8 nitrogen and oxygen atoms in total. The van der Waals surface area contributed by atoms with Crippen LogP contribution in [0.4, 0.5) is 17.6 Å². The number of hydrogen-bond acceptors (Lipinski definition) is 6. The number of ketones is 3. The zero-order valence-corrected chi connectivity index (χ0v) is 28.1. The van der Waals surface area contributed by atoms with Crippen LogP contribution in [0.3, 0.4) is 0 Å². The Balaban J connectivity index is 1.55. The summed E-state index contributed by atoms with van der Waals surface area (Å²) in [5.41, 5.74) is -1.01. The van der Waals surface area contributed by atoms with Crippen LogP contribution in [0.15, 0.2) is 24.3 Å². The number of nitrogens with zero attached hydrogens (tertiary/aromatic N) is 4. The Kier molecular flexibility index (Phi) is 9.69. The highest BCUT2D eigenvalue weighted by atomic mass is 19.4. The number of Topliss-reactive ketones (excluding diaryl/α,β-unsaturated/α-hetero) is 3. The Morgan fingerprint density at radius 2 is 1.75 bits per heavy atom. The third-order valence-corrected chi connectivity index (χ3v) is 9.90. The van der Waals surface area contributed by atoms with Crippen LogP contribution in [0.1, 0.15) is 104 Å². The lowest BCUT2D eigenvalue weighted by Crippen LogP contribution is -2.43. The monoisotopic (exact) mass is 670 g/mol. The molecule has 0 unspecified atom stereocenters. The molecule has 2 atom stereocenters. The van der Waals surface area contributed by atoms with E-state index in [-0.39, 0.29) is 42.3 Å². The molecule has 2 aliphatic heterocycles. The van der Waals surface area contributed by atoms with Gasteiger partial charge in [0, 0.05) is 30.6 Å². The lowest BCUT2D eigenvalue weighted by atomic mass is 9.79. The first-order valence-corrected chi connectivity index (χ1v) is 16.5. The summed E-state index contributed by atoms with van der Waals surface area (Å²) in [4.78, 5) is 58.6. The summed E-state index contributed by atoms with van der Waals surface area (Å²) in [5.74, 6) is -1.65. The van der Waals surface area contributed by atoms with Gasteiger partial charge in [-0.1, -0.05) is 44.4 Å². The molecule has 1 saturated heterocycles. The standard InChI is InChI=1S/C36H42F4N4O4/c1-21-15-24-9-7-6-8-13-34(4,5)30(47)12-14-35(37)18-27(28(46)17-26-22(2)10-11-29(41-26)36(38,39)40)43(20-35)31(48)19-44-33(24)25(16-21)32(42-44)23(3)45/h10-11,15-16,27H,6-9,12-14,17-20H2,1-5H3/t27-,35+/m0/s1.